The largest absolute Gasteiger partial charge is 0.444 e. The van der Waals surface area contributed by atoms with E-state index in [1.807, 2.05) is 24.3 Å². The summed E-state index contributed by atoms with van der Waals surface area (Å²) in [7, 11) is 3.90. The zero-order valence-corrected chi connectivity index (χ0v) is 38.0. The minimum Gasteiger partial charge on any atom is -0.444 e. The van der Waals surface area contributed by atoms with E-state index in [0.29, 0.717) is 30.4 Å². The molecule has 4 fully saturated rings. The van der Waals surface area contributed by atoms with Crippen LogP contribution in [-0.4, -0.2) is 109 Å². The number of para-hydroxylation sites is 1. The van der Waals surface area contributed by atoms with Gasteiger partial charge in [-0.15, -0.1) is 0 Å². The van der Waals surface area contributed by atoms with E-state index in [9.17, 15) is 28.0 Å². The number of pyridine rings is 1. The number of alkyl halides is 2. The van der Waals surface area contributed by atoms with Crippen LogP contribution in [0.4, 0.5) is 8.78 Å². The third-order valence-electron chi connectivity index (χ3n) is 14.2. The Bertz CT molecular complexity index is 2590. The van der Waals surface area contributed by atoms with Crippen LogP contribution in [0.25, 0.3) is 22.5 Å². The van der Waals surface area contributed by atoms with Crippen molar-refractivity contribution in [1.29, 1.82) is 0 Å². The third-order valence-corrected chi connectivity index (χ3v) is 14.2. The summed E-state index contributed by atoms with van der Waals surface area (Å²) in [6, 6.07) is 8.88. The lowest BCUT2D eigenvalue weighted by Crippen LogP contribution is -2.44. The third kappa shape index (κ3) is 10.6. The second kappa shape index (κ2) is 20.2. The molecule has 17 heteroatoms. The van der Waals surface area contributed by atoms with E-state index in [0.717, 1.165) is 119 Å². The number of amides is 2. The summed E-state index contributed by atoms with van der Waals surface area (Å²) in [6.45, 7) is 5.17. The van der Waals surface area contributed by atoms with Gasteiger partial charge in [0.15, 0.2) is 5.78 Å². The summed E-state index contributed by atoms with van der Waals surface area (Å²) in [5.74, 6) is 0.452. The minimum atomic E-state index is -2.80. The topological polar surface area (TPSA) is 163 Å². The first-order chi connectivity index (χ1) is 32.0. The Morgan fingerprint density at radius 2 is 1.82 bits per heavy atom. The maximum Gasteiger partial charge on any atom is 0.329 e. The number of aryl methyl sites for hydroxylation is 3. The number of imidazole rings is 1. The van der Waals surface area contributed by atoms with Crippen molar-refractivity contribution in [3.63, 3.8) is 0 Å². The number of imide groups is 1. The Kier molecular flexibility index (Phi) is 14.0. The summed E-state index contributed by atoms with van der Waals surface area (Å²) >= 11 is 0. The van der Waals surface area contributed by atoms with Crippen LogP contribution in [0.15, 0.2) is 58.2 Å². The van der Waals surface area contributed by atoms with Gasteiger partial charge in [-0.25, -0.2) is 18.6 Å². The molecule has 1 unspecified atom stereocenters. The fourth-order valence-electron chi connectivity index (χ4n) is 10.3. The summed E-state index contributed by atoms with van der Waals surface area (Å²) in [5, 5.41) is 6.71. The van der Waals surface area contributed by atoms with Gasteiger partial charge in [-0.2, -0.15) is 5.10 Å². The van der Waals surface area contributed by atoms with Crippen molar-refractivity contribution < 1.29 is 32.3 Å². The number of rotatable bonds is 19. The molecule has 1 aromatic carbocycles. The fraction of sp³-hybridized carbons (Fsp3) is 0.571. The van der Waals surface area contributed by atoms with Crippen molar-refractivity contribution >= 4 is 28.6 Å². The lowest BCUT2D eigenvalue weighted by atomic mass is 9.85. The zero-order chi connectivity index (χ0) is 45.9. The Morgan fingerprint density at radius 3 is 2.61 bits per heavy atom. The van der Waals surface area contributed by atoms with E-state index in [-0.39, 0.29) is 53.5 Å². The van der Waals surface area contributed by atoms with Crippen LogP contribution in [0.5, 0.6) is 0 Å². The molecule has 4 aliphatic rings. The number of fused-ring (bicyclic) bond motifs is 1. The van der Waals surface area contributed by atoms with Crippen molar-refractivity contribution in [3.8, 4) is 11.5 Å². The number of piperidine rings is 1. The highest BCUT2D eigenvalue weighted by molar-refractivity contribution is 6.00. The Labute approximate surface area is 382 Å². The molecule has 4 aromatic heterocycles. The highest BCUT2D eigenvalue weighted by Crippen LogP contribution is 2.35. The summed E-state index contributed by atoms with van der Waals surface area (Å²) < 4.78 is 45.2. The number of oxazole rings is 1. The maximum atomic E-state index is 14.3. The number of aromatic nitrogens is 6. The lowest BCUT2D eigenvalue weighted by molar-refractivity contribution is -0.135. The molecule has 2 aliphatic heterocycles. The number of benzene rings is 1. The van der Waals surface area contributed by atoms with E-state index in [1.165, 1.54) is 23.7 Å². The van der Waals surface area contributed by atoms with Gasteiger partial charge in [0.05, 0.1) is 29.8 Å². The number of hydrogen-bond donors (Lipinski definition) is 1. The molecule has 2 atom stereocenters. The number of ketones is 1. The van der Waals surface area contributed by atoms with Gasteiger partial charge in [0.2, 0.25) is 17.7 Å². The van der Waals surface area contributed by atoms with E-state index in [1.54, 1.807) is 34.8 Å². The molecule has 66 heavy (non-hydrogen) atoms. The van der Waals surface area contributed by atoms with E-state index in [2.05, 4.69) is 37.2 Å². The van der Waals surface area contributed by atoms with Gasteiger partial charge >= 0.3 is 5.69 Å². The lowest BCUT2D eigenvalue weighted by Gasteiger charge is -2.35. The number of nitrogens with zero attached hydrogens (tertiary/aromatic N) is 8. The molecule has 0 spiro atoms. The normalized spacial score (nSPS) is 21.9. The monoisotopic (exact) mass is 909 g/mol. The Hall–Kier alpha value is -5.39. The Morgan fingerprint density at radius 1 is 1.00 bits per heavy atom. The van der Waals surface area contributed by atoms with Gasteiger partial charge in [-0.1, -0.05) is 25.0 Å². The SMILES string of the molecule is CN(CC[C@H]1CN(CCCc2cccc3c2n(C)c(=O)n3C2CCC(=O)NC2=O)CCO1)CC1CCC(n2cc(CC(=O)c3coc(-c4ccnc(CCC5CC5)c4)n3)c(C(F)F)n2)CC1. The zero-order valence-electron chi connectivity index (χ0n) is 38.0. The fourth-order valence-corrected chi connectivity index (χ4v) is 10.3. The van der Waals surface area contributed by atoms with Crippen LogP contribution in [-0.2, 0) is 40.6 Å². The highest BCUT2D eigenvalue weighted by atomic mass is 19.3. The molecule has 2 amide bonds. The molecule has 6 heterocycles. The number of carbonyl (C=O) groups excluding carboxylic acids is 3. The van der Waals surface area contributed by atoms with E-state index < -0.39 is 24.2 Å². The van der Waals surface area contributed by atoms with Gasteiger partial charge in [0, 0.05) is 75.3 Å². The van der Waals surface area contributed by atoms with Crippen LogP contribution in [0.3, 0.4) is 0 Å². The molecule has 352 valence electrons. The van der Waals surface area contributed by atoms with Crippen LogP contribution in [0.2, 0.25) is 0 Å². The summed E-state index contributed by atoms with van der Waals surface area (Å²) in [4.78, 5) is 64.8. The number of nitrogens with one attached hydrogen (secondary N) is 1. The molecule has 0 bridgehead atoms. The number of hydrogen-bond acceptors (Lipinski definition) is 11. The average Bonchev–Trinajstić information content (AvgIpc) is 3.71. The molecule has 1 N–H and O–H groups in total. The van der Waals surface area contributed by atoms with Crippen molar-refractivity contribution in [2.24, 2.45) is 18.9 Å². The highest BCUT2D eigenvalue weighted by Gasteiger charge is 2.33. The van der Waals surface area contributed by atoms with Gasteiger partial charge in [0.25, 0.3) is 6.43 Å². The molecule has 0 radical (unpaired) electrons. The second-order valence-corrected chi connectivity index (χ2v) is 19.1. The van der Waals surface area contributed by atoms with Crippen LogP contribution in [0.1, 0.15) is 122 Å². The van der Waals surface area contributed by atoms with Gasteiger partial charge in [-0.3, -0.25) is 43.4 Å². The molecule has 2 saturated carbocycles. The molecule has 15 nitrogen and oxygen atoms in total. The van der Waals surface area contributed by atoms with Crippen molar-refractivity contribution in [2.75, 3.05) is 46.4 Å². The average molecular weight is 910 g/mol. The molecule has 5 aromatic rings. The quantitative estimate of drug-likeness (QED) is 0.0697. The first-order valence-electron chi connectivity index (χ1n) is 23.8. The number of morpholine rings is 1. The molecule has 2 saturated heterocycles. The summed E-state index contributed by atoms with van der Waals surface area (Å²) in [6.07, 6.45) is 13.0. The number of Topliss-reactive ketones (excluding diaryl/α,β-unsaturated/α-hetero) is 1. The first kappa shape index (κ1) is 45.8. The van der Waals surface area contributed by atoms with Gasteiger partial charge in [-0.05, 0) is 113 Å². The van der Waals surface area contributed by atoms with E-state index in [4.69, 9.17) is 9.15 Å². The predicted molar refractivity (Wildman–Crippen MR) is 242 cm³/mol. The Balaban J connectivity index is 0.714. The minimum absolute atomic E-state index is 0.00674. The van der Waals surface area contributed by atoms with Gasteiger partial charge in [0.1, 0.15) is 23.7 Å². The first-order valence-corrected chi connectivity index (χ1v) is 23.8. The van der Waals surface area contributed by atoms with Gasteiger partial charge < -0.3 is 14.1 Å². The number of ether oxygens (including phenoxy) is 1. The molecule has 9 rings (SSSR count). The second-order valence-electron chi connectivity index (χ2n) is 19.1. The van der Waals surface area contributed by atoms with Crippen LogP contribution in [0, 0.1) is 11.8 Å². The smallest absolute Gasteiger partial charge is 0.329 e. The van der Waals surface area contributed by atoms with Crippen LogP contribution >= 0.6 is 0 Å². The van der Waals surface area contributed by atoms with Crippen LogP contribution < -0.4 is 11.0 Å². The maximum absolute atomic E-state index is 14.3. The number of carbonyl (C=O) groups is 3. The predicted octanol–water partition coefficient (Wildman–Crippen LogP) is 6.66. The van der Waals surface area contributed by atoms with Crippen molar-refractivity contribution in [3.05, 3.63) is 87.7 Å². The summed E-state index contributed by atoms with van der Waals surface area (Å²) in [5.41, 5.74) is 4.01. The molecule has 2 aliphatic carbocycles. The standard InChI is InChI=1S/C49H61F2N9O6/c1-56(22-19-38-29-58(23-24-65-38)21-4-6-33-5-3-7-40-45(33)57(2)49(64)60(40)41-16-17-43(62)54-47(41)63)27-32-11-14-37(15-12-32)59-28-35(44(55-59)46(50)51)26-42(61)39-30-66-48(53-39)34-18-20-52-36(25-34)13-10-31-8-9-31/h3,5,7,18,20,25,28,30-32,37-38,41,46H,4,6,8-17,19,21-24,26-27,29H2,1-2H3,(H,54,62,63)/t32?,37?,38-,41?/m0/s1. The van der Waals surface area contributed by atoms with Crippen molar-refractivity contribution in [2.45, 2.75) is 115 Å². The molecular weight excluding hydrogens is 849 g/mol. The number of halogens is 2. The molecular formula is C49H61F2N9O6. The van der Waals surface area contributed by atoms with Crippen molar-refractivity contribution in [1.82, 2.24) is 44.0 Å². The van der Waals surface area contributed by atoms with E-state index >= 15 is 0 Å².